The average Bonchev–Trinajstić information content (AvgIpc) is 3.50. The summed E-state index contributed by atoms with van der Waals surface area (Å²) in [5.74, 6) is 3.57. The lowest BCUT2D eigenvalue weighted by molar-refractivity contribution is 0.543. The first-order valence-corrected chi connectivity index (χ1v) is 13.0. The Labute approximate surface area is 209 Å². The van der Waals surface area contributed by atoms with E-state index in [-0.39, 0.29) is 6.04 Å². The molecule has 2 aliphatic carbocycles. The van der Waals surface area contributed by atoms with Crippen molar-refractivity contribution in [3.05, 3.63) is 72.1 Å². The van der Waals surface area contributed by atoms with Crippen LogP contribution in [0.3, 0.4) is 0 Å². The maximum atomic E-state index is 9.66. The van der Waals surface area contributed by atoms with Gasteiger partial charge in [-0.1, -0.05) is 48.5 Å². The van der Waals surface area contributed by atoms with E-state index in [9.17, 15) is 5.26 Å². The van der Waals surface area contributed by atoms with Crippen LogP contribution in [0.4, 0.5) is 0 Å². The molecular formula is C29H27N7. The normalized spacial score (nSPS) is 29.5. The molecule has 4 N–H and O–H groups in total. The van der Waals surface area contributed by atoms with Gasteiger partial charge in [-0.25, -0.2) is 9.97 Å². The summed E-state index contributed by atoms with van der Waals surface area (Å²) in [4.78, 5) is 16.2. The van der Waals surface area contributed by atoms with Crippen LogP contribution in [0.5, 0.6) is 0 Å². The summed E-state index contributed by atoms with van der Waals surface area (Å²) >= 11 is 0. The number of H-pyrrole nitrogens is 2. The minimum Gasteiger partial charge on any atom is -0.341 e. The lowest BCUT2D eigenvalue weighted by Crippen LogP contribution is -2.18. The molecular weight excluding hydrogens is 446 g/mol. The second kappa shape index (κ2) is 7.63. The van der Waals surface area contributed by atoms with Crippen LogP contribution in [0.25, 0.3) is 33.6 Å². The molecule has 178 valence electrons. The fraction of sp³-hybridized carbons (Fsp3) is 0.345. The number of nitriles is 1. The van der Waals surface area contributed by atoms with E-state index in [2.05, 4.69) is 85.2 Å². The second-order valence-corrected chi connectivity index (χ2v) is 10.9. The zero-order valence-corrected chi connectivity index (χ0v) is 19.8. The van der Waals surface area contributed by atoms with E-state index in [1.54, 1.807) is 0 Å². The van der Waals surface area contributed by atoms with E-state index >= 15 is 0 Å². The number of rotatable bonds is 5. The van der Waals surface area contributed by atoms with Gasteiger partial charge in [0.2, 0.25) is 0 Å². The predicted octanol–water partition coefficient (Wildman–Crippen LogP) is 4.85. The van der Waals surface area contributed by atoms with Crippen molar-refractivity contribution in [1.82, 2.24) is 30.6 Å². The number of hydrogen-bond acceptors (Lipinski definition) is 5. The Morgan fingerprint density at radius 2 is 1.28 bits per heavy atom. The van der Waals surface area contributed by atoms with Crippen LogP contribution in [0, 0.1) is 23.2 Å². The molecule has 0 radical (unpaired) electrons. The molecule has 0 bridgehead atoms. The van der Waals surface area contributed by atoms with Crippen molar-refractivity contribution >= 4 is 0 Å². The van der Waals surface area contributed by atoms with Crippen molar-refractivity contribution in [2.75, 3.05) is 0 Å². The molecule has 36 heavy (non-hydrogen) atoms. The molecule has 2 aliphatic heterocycles. The highest BCUT2D eigenvalue weighted by molar-refractivity contribution is 5.73. The summed E-state index contributed by atoms with van der Waals surface area (Å²) in [6, 6.07) is 21.2. The van der Waals surface area contributed by atoms with Gasteiger partial charge in [-0.15, -0.1) is 0 Å². The van der Waals surface area contributed by atoms with Crippen LogP contribution < -0.4 is 10.6 Å². The number of nitrogens with one attached hydrogen (secondary N) is 4. The van der Waals surface area contributed by atoms with Gasteiger partial charge in [0.25, 0.3) is 0 Å². The fourth-order valence-electron chi connectivity index (χ4n) is 6.24. The maximum Gasteiger partial charge on any atom is 0.166 e. The number of fused-ring (bicyclic) bond motifs is 2. The number of imidazole rings is 2. The van der Waals surface area contributed by atoms with Crippen LogP contribution in [0.15, 0.2) is 54.7 Å². The maximum absolute atomic E-state index is 9.66. The number of nitrogens with zero attached hydrogens (tertiary/aromatic N) is 3. The molecule has 4 heterocycles. The van der Waals surface area contributed by atoms with Crippen LogP contribution >= 0.6 is 0 Å². The zero-order valence-electron chi connectivity index (χ0n) is 19.8. The Morgan fingerprint density at radius 1 is 0.694 bits per heavy atom. The van der Waals surface area contributed by atoms with Crippen LogP contribution in [0.2, 0.25) is 0 Å². The summed E-state index contributed by atoms with van der Waals surface area (Å²) in [5, 5.41) is 16.9. The van der Waals surface area contributed by atoms with Gasteiger partial charge in [0.05, 0.1) is 29.7 Å². The third-order valence-corrected chi connectivity index (χ3v) is 8.54. The van der Waals surface area contributed by atoms with Gasteiger partial charge in [-0.2, -0.15) is 5.26 Å². The summed E-state index contributed by atoms with van der Waals surface area (Å²) in [7, 11) is 0. The number of aromatic nitrogens is 4. The van der Waals surface area contributed by atoms with Crippen molar-refractivity contribution in [3.8, 4) is 39.7 Å². The van der Waals surface area contributed by atoms with Crippen molar-refractivity contribution in [3.63, 3.8) is 0 Å². The fourth-order valence-corrected chi connectivity index (χ4v) is 6.24. The molecule has 2 aromatic carbocycles. The summed E-state index contributed by atoms with van der Waals surface area (Å²) in [6.07, 6.45) is 6.85. The van der Waals surface area contributed by atoms with Crippen molar-refractivity contribution < 1.29 is 0 Å². The first-order valence-electron chi connectivity index (χ1n) is 13.0. The van der Waals surface area contributed by atoms with E-state index in [0.717, 1.165) is 63.5 Å². The Hall–Kier alpha value is -3.73. The zero-order chi connectivity index (χ0) is 23.8. The predicted molar refractivity (Wildman–Crippen MR) is 137 cm³/mol. The number of benzene rings is 2. The summed E-state index contributed by atoms with van der Waals surface area (Å²) in [5.41, 5.74) is 6.75. The standard InChI is InChI=1S/C29H27N7/c30-13-25-27(36-29(34-25)24-12-20-10-22(20)33-24)18-7-3-16(4-8-18)15-1-5-17(6-2-15)26-14-31-28(35-26)23-11-19-9-21(19)32-23/h1-8,14,19-24,32-33H,9-12H2,(H,31,35)(H,34,36)/t19-,20+,21-,22+,23+,24-/m0/s1. The first kappa shape index (κ1) is 20.5. The monoisotopic (exact) mass is 473 g/mol. The molecule has 6 atom stereocenters. The van der Waals surface area contributed by atoms with Crippen molar-refractivity contribution in [2.24, 2.45) is 11.8 Å². The molecule has 4 fully saturated rings. The topological polar surface area (TPSA) is 105 Å². The molecule has 2 aromatic heterocycles. The molecule has 8 rings (SSSR count). The smallest absolute Gasteiger partial charge is 0.166 e. The van der Waals surface area contributed by atoms with E-state index < -0.39 is 0 Å². The van der Waals surface area contributed by atoms with E-state index in [4.69, 9.17) is 0 Å². The summed E-state index contributed by atoms with van der Waals surface area (Å²) in [6.45, 7) is 0. The quantitative estimate of drug-likeness (QED) is 0.332. The number of piperidine rings is 2. The highest BCUT2D eigenvalue weighted by atomic mass is 15.1. The van der Waals surface area contributed by atoms with Gasteiger partial charge in [-0.05, 0) is 54.2 Å². The average molecular weight is 474 g/mol. The number of hydrogen-bond donors (Lipinski definition) is 4. The molecule has 4 aliphatic rings. The lowest BCUT2D eigenvalue weighted by Gasteiger charge is -2.09. The largest absolute Gasteiger partial charge is 0.341 e. The molecule has 2 saturated heterocycles. The SMILES string of the molecule is N#Cc1nc([C@@H]2C[C@H]3C[C@H]3N2)[nH]c1-c1ccc(-c2ccc(-c3cnc([C@H]4C[C@@H]5C[C@@H]5N4)[nH]3)cc2)cc1. The molecule has 0 spiro atoms. The minimum atomic E-state index is 0.235. The van der Waals surface area contributed by atoms with Crippen LogP contribution in [0.1, 0.15) is 55.1 Å². The van der Waals surface area contributed by atoms with E-state index in [1.807, 2.05) is 6.20 Å². The van der Waals surface area contributed by atoms with Gasteiger partial charge >= 0.3 is 0 Å². The first-order chi connectivity index (χ1) is 17.7. The second-order valence-electron chi connectivity index (χ2n) is 10.9. The van der Waals surface area contributed by atoms with Gasteiger partial charge in [-0.3, -0.25) is 0 Å². The Balaban J connectivity index is 1.00. The minimum absolute atomic E-state index is 0.235. The third kappa shape index (κ3) is 3.41. The Morgan fingerprint density at radius 3 is 1.86 bits per heavy atom. The van der Waals surface area contributed by atoms with Crippen molar-refractivity contribution in [1.29, 1.82) is 5.26 Å². The molecule has 0 amide bonds. The highest BCUT2D eigenvalue weighted by Crippen LogP contribution is 2.46. The lowest BCUT2D eigenvalue weighted by atomic mass is 10.0. The van der Waals surface area contributed by atoms with Crippen LogP contribution in [-0.4, -0.2) is 32.0 Å². The van der Waals surface area contributed by atoms with E-state index in [1.165, 1.54) is 19.3 Å². The molecule has 7 heteroatoms. The summed E-state index contributed by atoms with van der Waals surface area (Å²) < 4.78 is 0. The van der Waals surface area contributed by atoms with Crippen molar-refractivity contribution in [2.45, 2.75) is 49.9 Å². The number of aromatic amines is 2. The van der Waals surface area contributed by atoms with Gasteiger partial charge in [0.1, 0.15) is 17.7 Å². The van der Waals surface area contributed by atoms with Gasteiger partial charge < -0.3 is 20.6 Å². The van der Waals surface area contributed by atoms with Crippen LogP contribution in [-0.2, 0) is 0 Å². The molecule has 2 saturated carbocycles. The van der Waals surface area contributed by atoms with Gasteiger partial charge in [0, 0.05) is 17.6 Å². The molecule has 7 nitrogen and oxygen atoms in total. The molecule has 0 unspecified atom stereocenters. The Kier molecular flexibility index (Phi) is 4.34. The molecule has 4 aromatic rings. The third-order valence-electron chi connectivity index (χ3n) is 8.54. The van der Waals surface area contributed by atoms with E-state index in [0.29, 0.717) is 23.8 Å². The highest BCUT2D eigenvalue weighted by Gasteiger charge is 2.47. The van der Waals surface area contributed by atoms with Gasteiger partial charge in [0.15, 0.2) is 5.69 Å². The Bertz CT molecular complexity index is 1470.